The molecule has 170 valence electrons. The molecule has 0 fully saturated rings. The molecule has 0 N–H and O–H groups in total. The summed E-state index contributed by atoms with van der Waals surface area (Å²) in [5, 5.41) is 6.36. The number of nitrogens with zero attached hydrogens (tertiary/aromatic N) is 5. The number of benzene rings is 3. The molecule has 3 aromatic carbocycles. The van der Waals surface area contributed by atoms with Gasteiger partial charge in [-0.2, -0.15) is 5.10 Å². The van der Waals surface area contributed by atoms with Crippen LogP contribution in [0.4, 0.5) is 0 Å². The average molecular weight is 476 g/mol. The molecular formula is C29H22ClN5. The maximum absolute atomic E-state index is 6.46. The number of hydrogen-bond donors (Lipinski definition) is 0. The monoisotopic (exact) mass is 475 g/mol. The van der Waals surface area contributed by atoms with Gasteiger partial charge in [-0.3, -0.25) is 4.57 Å². The molecule has 0 spiro atoms. The highest BCUT2D eigenvalue weighted by molar-refractivity contribution is 6.30. The Morgan fingerprint density at radius 1 is 0.743 bits per heavy atom. The molecule has 5 nitrogen and oxygen atoms in total. The lowest BCUT2D eigenvalue weighted by molar-refractivity contribution is 0.809. The van der Waals surface area contributed by atoms with E-state index in [0.29, 0.717) is 5.02 Å². The molecule has 6 aromatic rings. The lowest BCUT2D eigenvalue weighted by Crippen LogP contribution is -2.04. The molecule has 0 unspecified atom stereocenters. The third-order valence-electron chi connectivity index (χ3n) is 6.12. The van der Waals surface area contributed by atoms with Crippen molar-refractivity contribution < 1.29 is 0 Å². The molecule has 0 saturated carbocycles. The van der Waals surface area contributed by atoms with E-state index in [4.69, 9.17) is 26.7 Å². The van der Waals surface area contributed by atoms with Crippen molar-refractivity contribution in [3.63, 3.8) is 0 Å². The minimum absolute atomic E-state index is 0.664. The molecule has 0 radical (unpaired) electrons. The summed E-state index contributed by atoms with van der Waals surface area (Å²) in [5.74, 6) is 0.748. The van der Waals surface area contributed by atoms with Crippen LogP contribution in [0.2, 0.25) is 5.02 Å². The Morgan fingerprint density at radius 3 is 2.11 bits per heavy atom. The first kappa shape index (κ1) is 21.3. The van der Waals surface area contributed by atoms with Gasteiger partial charge in [-0.25, -0.2) is 14.6 Å². The van der Waals surface area contributed by atoms with Crippen LogP contribution in [0.25, 0.3) is 44.9 Å². The molecule has 6 heteroatoms. The molecule has 35 heavy (non-hydrogen) atoms. The molecular weight excluding hydrogens is 454 g/mol. The van der Waals surface area contributed by atoms with Crippen LogP contribution in [0.15, 0.2) is 97.3 Å². The Labute approximate surface area is 208 Å². The zero-order valence-electron chi connectivity index (χ0n) is 19.4. The van der Waals surface area contributed by atoms with E-state index in [1.807, 2.05) is 48.9 Å². The fourth-order valence-electron chi connectivity index (χ4n) is 4.72. The van der Waals surface area contributed by atoms with Crippen LogP contribution >= 0.6 is 11.6 Å². The molecule has 6 rings (SSSR count). The van der Waals surface area contributed by atoms with Gasteiger partial charge in [0.2, 0.25) is 0 Å². The first-order valence-electron chi connectivity index (χ1n) is 11.4. The Kier molecular flexibility index (Phi) is 5.20. The lowest BCUT2D eigenvalue weighted by atomic mass is 9.99. The summed E-state index contributed by atoms with van der Waals surface area (Å²) in [5.41, 5.74) is 7.90. The van der Waals surface area contributed by atoms with Gasteiger partial charge in [0.05, 0.1) is 16.8 Å². The largest absolute Gasteiger partial charge is 0.293 e. The number of halogens is 1. The molecule has 0 atom stereocenters. The number of aryl methyl sites for hydroxylation is 2. The van der Waals surface area contributed by atoms with Gasteiger partial charge in [0.15, 0.2) is 11.5 Å². The summed E-state index contributed by atoms with van der Waals surface area (Å²) < 4.78 is 4.08. The summed E-state index contributed by atoms with van der Waals surface area (Å²) in [7, 11) is 0. The van der Waals surface area contributed by atoms with Gasteiger partial charge in [-0.05, 0) is 49.2 Å². The standard InChI is InChI=1S/C29H22ClN5/c1-19-16-20(2)35(33-19)29-26-25(21-10-5-3-6-11-21)27(22-12-7-4-8-13-22)34(28(26)31-18-32-29)24-15-9-14-23(30)17-24/h3-18H,1-2H3. The van der Waals surface area contributed by atoms with E-state index in [2.05, 4.69) is 65.2 Å². The third kappa shape index (κ3) is 3.61. The van der Waals surface area contributed by atoms with Crippen molar-refractivity contribution >= 4 is 22.6 Å². The fourth-order valence-corrected chi connectivity index (χ4v) is 4.91. The van der Waals surface area contributed by atoms with Crippen LogP contribution < -0.4 is 0 Å². The summed E-state index contributed by atoms with van der Waals surface area (Å²) in [6, 6.07) is 30.7. The molecule has 0 amide bonds. The second-order valence-corrected chi connectivity index (χ2v) is 8.94. The number of rotatable bonds is 4. The Morgan fingerprint density at radius 2 is 1.46 bits per heavy atom. The molecule has 0 aliphatic rings. The van der Waals surface area contributed by atoms with Crippen LogP contribution in [0.3, 0.4) is 0 Å². The molecule has 0 aliphatic carbocycles. The Balaban J connectivity index is 1.84. The SMILES string of the molecule is Cc1cc(C)n(-c2ncnc3c2c(-c2ccccc2)c(-c2ccccc2)n3-c2cccc(Cl)c2)n1. The number of hydrogen-bond acceptors (Lipinski definition) is 3. The second kappa shape index (κ2) is 8.53. The molecule has 3 heterocycles. The van der Waals surface area contributed by atoms with Gasteiger partial charge in [-0.1, -0.05) is 78.3 Å². The van der Waals surface area contributed by atoms with Crippen molar-refractivity contribution in [2.45, 2.75) is 13.8 Å². The van der Waals surface area contributed by atoms with Gasteiger partial charge >= 0.3 is 0 Å². The first-order chi connectivity index (χ1) is 17.1. The summed E-state index contributed by atoms with van der Waals surface area (Å²) in [4.78, 5) is 9.56. The van der Waals surface area contributed by atoms with E-state index >= 15 is 0 Å². The van der Waals surface area contributed by atoms with Crippen LogP contribution in [0.5, 0.6) is 0 Å². The normalized spacial score (nSPS) is 11.3. The lowest BCUT2D eigenvalue weighted by Gasteiger charge is -2.13. The minimum Gasteiger partial charge on any atom is -0.293 e. The third-order valence-corrected chi connectivity index (χ3v) is 6.35. The summed E-state index contributed by atoms with van der Waals surface area (Å²) >= 11 is 6.46. The zero-order valence-corrected chi connectivity index (χ0v) is 20.1. The smallest absolute Gasteiger partial charge is 0.167 e. The van der Waals surface area contributed by atoms with Crippen molar-refractivity contribution in [3.8, 4) is 33.9 Å². The van der Waals surface area contributed by atoms with Gasteiger partial charge < -0.3 is 0 Å². The average Bonchev–Trinajstić information content (AvgIpc) is 3.41. The van der Waals surface area contributed by atoms with Gasteiger partial charge in [0.25, 0.3) is 0 Å². The highest BCUT2D eigenvalue weighted by atomic mass is 35.5. The van der Waals surface area contributed by atoms with Crippen molar-refractivity contribution in [1.82, 2.24) is 24.3 Å². The van der Waals surface area contributed by atoms with E-state index in [1.165, 1.54) is 0 Å². The van der Waals surface area contributed by atoms with Gasteiger partial charge in [0.1, 0.15) is 6.33 Å². The summed E-state index contributed by atoms with van der Waals surface area (Å²) in [6.45, 7) is 4.04. The van der Waals surface area contributed by atoms with Crippen LogP contribution in [-0.2, 0) is 0 Å². The molecule has 0 aliphatic heterocycles. The van der Waals surface area contributed by atoms with Crippen molar-refractivity contribution in [3.05, 3.63) is 114 Å². The van der Waals surface area contributed by atoms with Gasteiger partial charge in [0, 0.05) is 22.0 Å². The van der Waals surface area contributed by atoms with Crippen molar-refractivity contribution in [2.24, 2.45) is 0 Å². The number of fused-ring (bicyclic) bond motifs is 1. The highest BCUT2D eigenvalue weighted by Gasteiger charge is 2.26. The van der Waals surface area contributed by atoms with Crippen molar-refractivity contribution in [2.75, 3.05) is 0 Å². The molecule has 0 saturated heterocycles. The predicted octanol–water partition coefficient (Wildman–Crippen LogP) is 7.21. The first-order valence-corrected chi connectivity index (χ1v) is 11.8. The van der Waals surface area contributed by atoms with E-state index < -0.39 is 0 Å². The summed E-state index contributed by atoms with van der Waals surface area (Å²) in [6.07, 6.45) is 1.61. The Bertz CT molecular complexity index is 1670. The second-order valence-electron chi connectivity index (χ2n) is 8.51. The molecule has 3 aromatic heterocycles. The number of aromatic nitrogens is 5. The highest BCUT2D eigenvalue weighted by Crippen LogP contribution is 2.44. The minimum atomic E-state index is 0.664. The van der Waals surface area contributed by atoms with Crippen molar-refractivity contribution in [1.29, 1.82) is 0 Å². The van der Waals surface area contributed by atoms with Gasteiger partial charge in [-0.15, -0.1) is 0 Å². The molecule has 0 bridgehead atoms. The van der Waals surface area contributed by atoms with Crippen LogP contribution in [0.1, 0.15) is 11.4 Å². The topological polar surface area (TPSA) is 48.5 Å². The van der Waals surface area contributed by atoms with E-state index in [0.717, 1.165) is 56.3 Å². The predicted molar refractivity (Wildman–Crippen MR) is 141 cm³/mol. The van der Waals surface area contributed by atoms with Crippen LogP contribution in [0, 0.1) is 13.8 Å². The quantitative estimate of drug-likeness (QED) is 0.270. The zero-order chi connectivity index (χ0) is 23.9. The Hall–Kier alpha value is -4.22. The van der Waals surface area contributed by atoms with Crippen LogP contribution in [-0.4, -0.2) is 24.3 Å². The fraction of sp³-hybridized carbons (Fsp3) is 0.0690. The van der Waals surface area contributed by atoms with E-state index in [9.17, 15) is 0 Å². The maximum Gasteiger partial charge on any atom is 0.167 e. The van der Waals surface area contributed by atoms with E-state index in [-0.39, 0.29) is 0 Å². The maximum atomic E-state index is 6.46. The van der Waals surface area contributed by atoms with E-state index in [1.54, 1.807) is 6.33 Å².